The molecule has 22 heavy (non-hydrogen) atoms. The first-order chi connectivity index (χ1) is 10.5. The number of hydrogen-bond acceptors (Lipinski definition) is 2. The number of hydrogen-bond donors (Lipinski definition) is 0. The number of rotatable bonds is 3. The molecule has 1 aliphatic rings. The summed E-state index contributed by atoms with van der Waals surface area (Å²) < 4.78 is 15.9. The van der Waals surface area contributed by atoms with Crippen LogP contribution in [-0.4, -0.2) is 15.0 Å². The molecule has 1 aliphatic carbocycles. The first kappa shape index (κ1) is 16.2. The molecular weight excluding hydrogens is 342 g/mol. The molecule has 118 valence electrons. The second-order valence-electron chi connectivity index (χ2n) is 5.74. The van der Waals surface area contributed by atoms with Gasteiger partial charge in [0.2, 0.25) is 0 Å². The summed E-state index contributed by atoms with van der Waals surface area (Å²) in [6.07, 6.45) is 4.04. The molecule has 1 aromatic heterocycles. The van der Waals surface area contributed by atoms with E-state index in [9.17, 15) is 4.39 Å². The zero-order valence-electron chi connectivity index (χ0n) is 12.5. The standard InChI is InChI=1S/C16H17Cl2FN2S/c1-9(2)22-15-8-14(12(19)7-11(15)17)21-16(18)10-5-3-4-6-13(10)20-21/h7-9H,3-6H2,1-2H3. The van der Waals surface area contributed by atoms with Gasteiger partial charge in [0.05, 0.1) is 10.7 Å². The minimum absolute atomic E-state index is 0.358. The predicted octanol–water partition coefficient (Wildman–Crippen LogP) is 5.70. The molecular formula is C16H17Cl2FN2S. The van der Waals surface area contributed by atoms with E-state index in [2.05, 4.69) is 18.9 Å². The maximum Gasteiger partial charge on any atom is 0.150 e. The van der Waals surface area contributed by atoms with Gasteiger partial charge in [-0.25, -0.2) is 9.07 Å². The average molecular weight is 359 g/mol. The Kier molecular flexibility index (Phi) is 4.72. The number of thioether (sulfide) groups is 1. The highest BCUT2D eigenvalue weighted by atomic mass is 35.5. The summed E-state index contributed by atoms with van der Waals surface area (Å²) in [5.41, 5.74) is 2.41. The monoisotopic (exact) mass is 358 g/mol. The molecule has 1 heterocycles. The van der Waals surface area contributed by atoms with Gasteiger partial charge in [-0.15, -0.1) is 11.8 Å². The highest BCUT2D eigenvalue weighted by molar-refractivity contribution is 8.00. The Bertz CT molecular complexity index is 713. The summed E-state index contributed by atoms with van der Waals surface area (Å²) in [5, 5.41) is 5.83. The molecule has 0 saturated carbocycles. The molecule has 0 atom stereocenters. The average Bonchev–Trinajstić information content (AvgIpc) is 2.79. The van der Waals surface area contributed by atoms with Crippen molar-refractivity contribution in [2.75, 3.05) is 0 Å². The van der Waals surface area contributed by atoms with E-state index in [4.69, 9.17) is 23.2 Å². The molecule has 2 aromatic rings. The highest BCUT2D eigenvalue weighted by Gasteiger charge is 2.22. The van der Waals surface area contributed by atoms with Gasteiger partial charge in [0, 0.05) is 15.7 Å². The maximum atomic E-state index is 14.4. The van der Waals surface area contributed by atoms with Crippen molar-refractivity contribution in [1.29, 1.82) is 0 Å². The zero-order chi connectivity index (χ0) is 15.9. The second kappa shape index (κ2) is 6.42. The Hall–Kier alpha value is -0.710. The van der Waals surface area contributed by atoms with Crippen molar-refractivity contribution < 1.29 is 4.39 Å². The first-order valence-corrected chi connectivity index (χ1v) is 9.03. The molecule has 0 amide bonds. The molecule has 0 unspecified atom stereocenters. The van der Waals surface area contributed by atoms with E-state index in [1.807, 2.05) is 0 Å². The highest BCUT2D eigenvalue weighted by Crippen LogP contribution is 2.36. The minimum Gasteiger partial charge on any atom is -0.219 e. The largest absolute Gasteiger partial charge is 0.219 e. The molecule has 0 radical (unpaired) electrons. The van der Waals surface area contributed by atoms with Gasteiger partial charge in [0.25, 0.3) is 0 Å². The van der Waals surface area contributed by atoms with Crippen molar-refractivity contribution in [3.63, 3.8) is 0 Å². The SMILES string of the molecule is CC(C)Sc1cc(-n2nc3c(c2Cl)CCCC3)c(F)cc1Cl. The summed E-state index contributed by atoms with van der Waals surface area (Å²) in [5.74, 6) is -0.403. The first-order valence-electron chi connectivity index (χ1n) is 7.39. The lowest BCUT2D eigenvalue weighted by molar-refractivity contribution is 0.607. The molecule has 0 fully saturated rings. The van der Waals surface area contributed by atoms with E-state index in [0.29, 0.717) is 21.1 Å². The molecule has 1 aromatic carbocycles. The van der Waals surface area contributed by atoms with Gasteiger partial charge in [-0.1, -0.05) is 37.0 Å². The van der Waals surface area contributed by atoms with Crippen molar-refractivity contribution >= 4 is 35.0 Å². The van der Waals surface area contributed by atoms with Crippen LogP contribution >= 0.6 is 35.0 Å². The van der Waals surface area contributed by atoms with Crippen LogP contribution in [-0.2, 0) is 12.8 Å². The van der Waals surface area contributed by atoms with Crippen LogP contribution < -0.4 is 0 Å². The summed E-state index contributed by atoms with van der Waals surface area (Å²) in [7, 11) is 0. The van der Waals surface area contributed by atoms with Gasteiger partial charge >= 0.3 is 0 Å². The van der Waals surface area contributed by atoms with Gasteiger partial charge in [-0.3, -0.25) is 0 Å². The van der Waals surface area contributed by atoms with E-state index < -0.39 is 5.82 Å². The third-order valence-corrected chi connectivity index (χ3v) is 5.56. The van der Waals surface area contributed by atoms with E-state index in [0.717, 1.165) is 41.8 Å². The molecule has 6 heteroatoms. The smallest absolute Gasteiger partial charge is 0.150 e. The van der Waals surface area contributed by atoms with E-state index >= 15 is 0 Å². The van der Waals surface area contributed by atoms with E-state index in [1.54, 1.807) is 17.8 Å². The number of aromatic nitrogens is 2. The van der Waals surface area contributed by atoms with Gasteiger partial charge in [-0.05, 0) is 37.8 Å². The molecule has 0 saturated heterocycles. The number of fused-ring (bicyclic) bond motifs is 1. The Labute approximate surface area is 144 Å². The Morgan fingerprint density at radius 1 is 1.23 bits per heavy atom. The lowest BCUT2D eigenvalue weighted by atomic mass is 9.99. The topological polar surface area (TPSA) is 17.8 Å². The van der Waals surface area contributed by atoms with Crippen molar-refractivity contribution in [2.45, 2.75) is 49.7 Å². The third-order valence-electron chi connectivity index (χ3n) is 3.69. The van der Waals surface area contributed by atoms with Crippen LogP contribution in [0.5, 0.6) is 0 Å². The molecule has 0 N–H and O–H groups in total. The van der Waals surface area contributed by atoms with Gasteiger partial charge in [0.15, 0.2) is 0 Å². The molecule has 2 nitrogen and oxygen atoms in total. The Morgan fingerprint density at radius 2 is 1.95 bits per heavy atom. The molecule has 0 spiro atoms. The fourth-order valence-corrected chi connectivity index (χ4v) is 4.17. The van der Waals surface area contributed by atoms with Crippen LogP contribution in [0.15, 0.2) is 17.0 Å². The van der Waals surface area contributed by atoms with Gasteiger partial charge in [-0.2, -0.15) is 5.10 Å². The third kappa shape index (κ3) is 3.01. The Morgan fingerprint density at radius 3 is 2.64 bits per heavy atom. The summed E-state index contributed by atoms with van der Waals surface area (Å²) in [4.78, 5) is 0.845. The van der Waals surface area contributed by atoms with Crippen LogP contribution in [0.25, 0.3) is 5.69 Å². The number of benzene rings is 1. The Balaban J connectivity index is 2.10. The summed E-state index contributed by atoms with van der Waals surface area (Å²) in [6, 6.07) is 3.09. The van der Waals surface area contributed by atoms with Crippen LogP contribution in [0.1, 0.15) is 37.9 Å². The lowest BCUT2D eigenvalue weighted by Crippen LogP contribution is -2.02. The number of nitrogens with zero attached hydrogens (tertiary/aromatic N) is 2. The predicted molar refractivity (Wildman–Crippen MR) is 91.2 cm³/mol. The normalized spacial score (nSPS) is 14.5. The van der Waals surface area contributed by atoms with Crippen LogP contribution in [0, 0.1) is 5.82 Å². The summed E-state index contributed by atoms with van der Waals surface area (Å²) in [6.45, 7) is 4.15. The van der Waals surface area contributed by atoms with Crippen LogP contribution in [0.2, 0.25) is 10.2 Å². The van der Waals surface area contributed by atoms with E-state index in [1.165, 1.54) is 10.7 Å². The fraction of sp³-hybridized carbons (Fsp3) is 0.438. The molecule has 0 aliphatic heterocycles. The quantitative estimate of drug-likeness (QED) is 0.655. The number of halogens is 3. The maximum absolute atomic E-state index is 14.4. The van der Waals surface area contributed by atoms with Crippen LogP contribution in [0.3, 0.4) is 0 Å². The molecule has 3 rings (SSSR count). The van der Waals surface area contributed by atoms with Gasteiger partial charge in [0.1, 0.15) is 16.7 Å². The van der Waals surface area contributed by atoms with Crippen molar-refractivity contribution in [3.05, 3.63) is 39.4 Å². The van der Waals surface area contributed by atoms with Crippen molar-refractivity contribution in [1.82, 2.24) is 9.78 Å². The minimum atomic E-state index is -0.403. The van der Waals surface area contributed by atoms with Crippen LogP contribution in [0.4, 0.5) is 4.39 Å². The van der Waals surface area contributed by atoms with E-state index in [-0.39, 0.29) is 0 Å². The second-order valence-corrected chi connectivity index (χ2v) is 8.12. The van der Waals surface area contributed by atoms with Gasteiger partial charge < -0.3 is 0 Å². The zero-order valence-corrected chi connectivity index (χ0v) is 14.8. The lowest BCUT2D eigenvalue weighted by Gasteiger charge is -2.11. The number of aryl methyl sites for hydroxylation is 1. The summed E-state index contributed by atoms with van der Waals surface area (Å²) >= 11 is 14.2. The fourth-order valence-electron chi connectivity index (χ4n) is 2.70. The van der Waals surface area contributed by atoms with Crippen molar-refractivity contribution in [3.8, 4) is 5.69 Å². The van der Waals surface area contributed by atoms with Crippen molar-refractivity contribution in [2.24, 2.45) is 0 Å². The molecule has 0 bridgehead atoms.